The number of thiazole rings is 1. The second-order valence-electron chi connectivity index (χ2n) is 7.87. The molecule has 2 heterocycles. The quantitative estimate of drug-likeness (QED) is 0.316. The summed E-state index contributed by atoms with van der Waals surface area (Å²) >= 11 is 3.19. The fourth-order valence-corrected chi connectivity index (χ4v) is 4.82. The first-order valence-corrected chi connectivity index (χ1v) is 11.9. The Morgan fingerprint density at radius 1 is 1.17 bits per heavy atom. The summed E-state index contributed by atoms with van der Waals surface area (Å²) < 4.78 is 0.944. The first-order chi connectivity index (χ1) is 14.1. The lowest BCUT2D eigenvalue weighted by Gasteiger charge is -2.19. The van der Waals surface area contributed by atoms with E-state index in [-0.39, 0.29) is 12.6 Å². The van der Waals surface area contributed by atoms with Crippen LogP contribution in [0.4, 0.5) is 10.9 Å². The minimum Gasteiger partial charge on any atom is -0.394 e. The molecule has 154 valence electrons. The molecule has 1 atom stereocenters. The smallest absolute Gasteiger partial charge is 0.191 e. The summed E-state index contributed by atoms with van der Waals surface area (Å²) in [6.45, 7) is 4.39. The summed E-state index contributed by atoms with van der Waals surface area (Å²) in [7, 11) is 0. The molecule has 3 aromatic rings. The molecule has 0 saturated heterocycles. The topological polar surface area (TPSA) is 83.0 Å². The number of nitrogens with one attached hydrogen (secondary N) is 2. The largest absolute Gasteiger partial charge is 0.394 e. The maximum Gasteiger partial charge on any atom is 0.191 e. The van der Waals surface area contributed by atoms with Crippen LogP contribution in [0.25, 0.3) is 10.3 Å². The van der Waals surface area contributed by atoms with Gasteiger partial charge in [0.05, 0.1) is 12.6 Å². The molecule has 0 aliphatic heterocycles. The predicted molar refractivity (Wildman–Crippen MR) is 122 cm³/mol. The van der Waals surface area contributed by atoms with Crippen molar-refractivity contribution in [2.75, 3.05) is 17.2 Å². The molecule has 1 aliphatic rings. The molecule has 1 aromatic carbocycles. The van der Waals surface area contributed by atoms with Crippen LogP contribution in [0.1, 0.15) is 38.7 Å². The van der Waals surface area contributed by atoms with E-state index in [1.807, 2.05) is 18.2 Å². The predicted octanol–water partition coefficient (Wildman–Crippen LogP) is 4.77. The van der Waals surface area contributed by atoms with Crippen LogP contribution in [0, 0.1) is 5.92 Å². The molecule has 1 fully saturated rings. The zero-order valence-electron chi connectivity index (χ0n) is 16.8. The second-order valence-corrected chi connectivity index (χ2v) is 9.81. The Kier molecular flexibility index (Phi) is 6.52. The third-order valence-electron chi connectivity index (χ3n) is 4.67. The van der Waals surface area contributed by atoms with Gasteiger partial charge in [0, 0.05) is 11.8 Å². The monoisotopic (exact) mass is 429 g/mol. The van der Waals surface area contributed by atoms with Crippen molar-refractivity contribution in [3.8, 4) is 0 Å². The lowest BCUT2D eigenvalue weighted by Crippen LogP contribution is -2.26. The van der Waals surface area contributed by atoms with Gasteiger partial charge >= 0.3 is 0 Å². The SMILES string of the molecule is CC(C)C[C@H](CO)Nc1nc(SCc2ccccc2)nc2nc(NC3CC3)sc12. The molecule has 0 spiro atoms. The van der Waals surface area contributed by atoms with Crippen molar-refractivity contribution in [2.24, 2.45) is 5.92 Å². The fourth-order valence-electron chi connectivity index (χ4n) is 3.09. The fraction of sp³-hybridized carbons (Fsp3) is 0.476. The van der Waals surface area contributed by atoms with Gasteiger partial charge in [0.2, 0.25) is 0 Å². The standard InChI is InChI=1S/C21H27N5OS2/c1-13(2)10-16(11-27)22-18-17-19(26-21(29-17)23-15-8-9-15)25-20(24-18)28-12-14-6-4-3-5-7-14/h3-7,13,15-16,27H,8-12H2,1-2H3,(H2,22,23,24,25,26)/t16-/m1/s1. The number of aliphatic hydroxyl groups excluding tert-OH is 1. The molecule has 29 heavy (non-hydrogen) atoms. The lowest BCUT2D eigenvalue weighted by molar-refractivity contribution is 0.259. The molecule has 1 aliphatic carbocycles. The number of anilines is 2. The summed E-state index contributed by atoms with van der Waals surface area (Å²) in [6.07, 6.45) is 3.28. The summed E-state index contributed by atoms with van der Waals surface area (Å²) in [5, 5.41) is 18.3. The zero-order chi connectivity index (χ0) is 20.2. The molecule has 4 rings (SSSR count). The number of nitrogens with zero attached hydrogens (tertiary/aromatic N) is 3. The summed E-state index contributed by atoms with van der Waals surface area (Å²) in [4.78, 5) is 14.2. The van der Waals surface area contributed by atoms with Crippen molar-refractivity contribution in [3.05, 3.63) is 35.9 Å². The summed E-state index contributed by atoms with van der Waals surface area (Å²) in [6, 6.07) is 10.8. The second kappa shape index (κ2) is 9.28. The van der Waals surface area contributed by atoms with Crippen molar-refractivity contribution in [3.63, 3.8) is 0 Å². The van der Waals surface area contributed by atoms with E-state index in [4.69, 9.17) is 15.0 Å². The van der Waals surface area contributed by atoms with E-state index in [9.17, 15) is 5.11 Å². The highest BCUT2D eigenvalue weighted by molar-refractivity contribution is 7.98. The van der Waals surface area contributed by atoms with Crippen LogP contribution in [0.2, 0.25) is 0 Å². The van der Waals surface area contributed by atoms with Gasteiger partial charge in [-0.15, -0.1) is 0 Å². The number of hydrogen-bond acceptors (Lipinski definition) is 8. The molecule has 8 heteroatoms. The van der Waals surface area contributed by atoms with Crippen molar-refractivity contribution < 1.29 is 5.11 Å². The maximum absolute atomic E-state index is 9.83. The third kappa shape index (κ3) is 5.58. The van der Waals surface area contributed by atoms with Crippen LogP contribution >= 0.6 is 23.1 Å². The number of aromatic nitrogens is 3. The van der Waals surface area contributed by atoms with E-state index in [1.54, 1.807) is 23.1 Å². The highest BCUT2D eigenvalue weighted by atomic mass is 32.2. The average molecular weight is 430 g/mol. The van der Waals surface area contributed by atoms with Crippen LogP contribution in [-0.4, -0.2) is 38.7 Å². The van der Waals surface area contributed by atoms with Gasteiger partial charge in [-0.25, -0.2) is 9.97 Å². The van der Waals surface area contributed by atoms with Gasteiger partial charge in [-0.1, -0.05) is 67.3 Å². The highest BCUT2D eigenvalue weighted by Crippen LogP contribution is 2.35. The van der Waals surface area contributed by atoms with E-state index >= 15 is 0 Å². The number of rotatable bonds is 10. The van der Waals surface area contributed by atoms with Gasteiger partial charge in [0.15, 0.2) is 21.8 Å². The van der Waals surface area contributed by atoms with E-state index < -0.39 is 0 Å². The zero-order valence-corrected chi connectivity index (χ0v) is 18.4. The number of fused-ring (bicyclic) bond motifs is 1. The molecule has 0 radical (unpaired) electrons. The van der Waals surface area contributed by atoms with Crippen molar-refractivity contribution in [2.45, 2.75) is 56.1 Å². The number of hydrogen-bond donors (Lipinski definition) is 3. The van der Waals surface area contributed by atoms with Crippen LogP contribution in [0.3, 0.4) is 0 Å². The lowest BCUT2D eigenvalue weighted by atomic mass is 10.0. The summed E-state index contributed by atoms with van der Waals surface area (Å²) in [5.74, 6) is 2.06. The molecular weight excluding hydrogens is 402 g/mol. The Morgan fingerprint density at radius 3 is 2.66 bits per heavy atom. The molecule has 6 nitrogen and oxygen atoms in total. The molecule has 3 N–H and O–H groups in total. The third-order valence-corrected chi connectivity index (χ3v) is 6.57. The van der Waals surface area contributed by atoms with E-state index in [0.717, 1.165) is 27.8 Å². The van der Waals surface area contributed by atoms with Gasteiger partial charge < -0.3 is 15.7 Å². The molecule has 1 saturated carbocycles. The van der Waals surface area contributed by atoms with Gasteiger partial charge in [0.1, 0.15) is 4.70 Å². The Labute approximate surface area is 179 Å². The normalized spacial score (nSPS) is 15.0. The van der Waals surface area contributed by atoms with Crippen molar-refractivity contribution in [1.29, 1.82) is 0 Å². The molecular formula is C21H27N5OS2. The Hall–Kier alpha value is -1.90. The highest BCUT2D eigenvalue weighted by Gasteiger charge is 2.24. The molecule has 0 bridgehead atoms. The van der Waals surface area contributed by atoms with Crippen LogP contribution in [0.15, 0.2) is 35.5 Å². The Morgan fingerprint density at radius 2 is 1.97 bits per heavy atom. The van der Waals surface area contributed by atoms with E-state index in [0.29, 0.717) is 22.8 Å². The Bertz CT molecular complexity index is 943. The van der Waals surface area contributed by atoms with E-state index in [1.165, 1.54) is 18.4 Å². The van der Waals surface area contributed by atoms with E-state index in [2.05, 4.69) is 36.6 Å². The average Bonchev–Trinajstić information content (AvgIpc) is 3.43. The van der Waals surface area contributed by atoms with Gasteiger partial charge in [-0.05, 0) is 30.7 Å². The summed E-state index contributed by atoms with van der Waals surface area (Å²) in [5.41, 5.74) is 1.95. The minimum absolute atomic E-state index is 0.0398. The minimum atomic E-state index is -0.0398. The molecule has 2 aromatic heterocycles. The number of benzene rings is 1. The maximum atomic E-state index is 9.83. The number of thioether (sulfide) groups is 1. The number of aliphatic hydroxyl groups is 1. The van der Waals surface area contributed by atoms with Crippen molar-refractivity contribution in [1.82, 2.24) is 15.0 Å². The van der Waals surface area contributed by atoms with Crippen molar-refractivity contribution >= 4 is 44.4 Å². The van der Waals surface area contributed by atoms with Crippen LogP contribution in [0.5, 0.6) is 0 Å². The van der Waals surface area contributed by atoms with Gasteiger partial charge in [0.25, 0.3) is 0 Å². The Balaban J connectivity index is 1.60. The van der Waals surface area contributed by atoms with Crippen LogP contribution in [-0.2, 0) is 5.75 Å². The first kappa shape index (κ1) is 20.4. The first-order valence-electron chi connectivity index (χ1n) is 10.1. The van der Waals surface area contributed by atoms with Gasteiger partial charge in [-0.3, -0.25) is 0 Å². The molecule has 0 amide bonds. The van der Waals surface area contributed by atoms with Gasteiger partial charge in [-0.2, -0.15) is 4.98 Å². The van der Waals surface area contributed by atoms with Crippen LogP contribution < -0.4 is 10.6 Å². The molecule has 0 unspecified atom stereocenters.